The minimum absolute atomic E-state index is 0.500. The summed E-state index contributed by atoms with van der Waals surface area (Å²) in [7, 11) is 12.0. The van der Waals surface area contributed by atoms with Crippen molar-refractivity contribution in [2.24, 2.45) is 11.3 Å². The number of benzene rings is 4. The summed E-state index contributed by atoms with van der Waals surface area (Å²) in [6.07, 6.45) is 8.48. The summed E-state index contributed by atoms with van der Waals surface area (Å²) in [5.74, 6) is 0.833. The fraction of sp³-hybridized carbons (Fsp3) is 0.378. The molecule has 0 radical (unpaired) electrons. The van der Waals surface area contributed by atoms with Gasteiger partial charge in [-0.05, 0) is 75.9 Å². The van der Waals surface area contributed by atoms with E-state index >= 15 is 0 Å². The van der Waals surface area contributed by atoms with E-state index in [1.54, 1.807) is 0 Å². The zero-order valence-corrected chi connectivity index (χ0v) is 32.8. The minimum Gasteiger partial charge on any atom is -0.312 e. The normalized spacial score (nSPS) is 10.0. The first-order valence-electron chi connectivity index (χ1n) is 16.9. The zero-order chi connectivity index (χ0) is 36.5. The fourth-order valence-corrected chi connectivity index (χ4v) is 2.64. The molecule has 0 spiro atoms. The lowest BCUT2D eigenvalue weighted by Gasteiger charge is -2.05. The highest BCUT2D eigenvalue weighted by molar-refractivity contribution is 5.70. The highest BCUT2D eigenvalue weighted by atomic mass is 15.0. The van der Waals surface area contributed by atoms with Gasteiger partial charge in [-0.15, -0.1) is 0 Å². The Kier molecular flexibility index (Phi) is 32.7. The molecular weight excluding hydrogens is 569 g/mol. The van der Waals surface area contributed by atoms with E-state index in [1.165, 1.54) is 22.3 Å². The first-order valence-corrected chi connectivity index (χ1v) is 16.9. The fourth-order valence-electron chi connectivity index (χ4n) is 2.64. The Morgan fingerprint density at radius 3 is 0.596 bits per heavy atom. The van der Waals surface area contributed by atoms with E-state index < -0.39 is 0 Å². The highest BCUT2D eigenvalue weighted by Gasteiger charge is 1.95. The van der Waals surface area contributed by atoms with Crippen molar-refractivity contribution in [3.05, 3.63) is 144 Å². The Bertz CT molecular complexity index is 1010. The molecule has 0 aliphatic heterocycles. The van der Waals surface area contributed by atoms with Gasteiger partial charge in [0.05, 0.1) is 0 Å². The molecule has 4 aromatic carbocycles. The Balaban J connectivity index is -0.000000544. The molecule has 2 heteroatoms. The molecule has 0 fully saturated rings. The van der Waals surface area contributed by atoms with Gasteiger partial charge in [0.15, 0.2) is 0 Å². The molecule has 0 bridgehead atoms. The molecule has 0 aliphatic carbocycles. The summed E-state index contributed by atoms with van der Waals surface area (Å²) >= 11 is 0. The molecule has 0 saturated carbocycles. The number of rotatable bonds is 4. The molecule has 47 heavy (non-hydrogen) atoms. The predicted octanol–water partition coefficient (Wildman–Crippen LogP) is 12.8. The lowest BCUT2D eigenvalue weighted by molar-refractivity contribution is 0.469. The van der Waals surface area contributed by atoms with E-state index in [-0.39, 0.29) is 0 Å². The van der Waals surface area contributed by atoms with Gasteiger partial charge in [0.25, 0.3) is 0 Å². The van der Waals surface area contributed by atoms with E-state index in [1.807, 2.05) is 139 Å². The first kappa shape index (κ1) is 47.7. The molecule has 0 amide bonds. The summed E-state index contributed by atoms with van der Waals surface area (Å²) < 4.78 is 0. The average Bonchev–Trinajstić information content (AvgIpc) is 3.01. The Labute approximate surface area is 292 Å². The second kappa shape index (κ2) is 32.2. The number of hydrogen-bond donors (Lipinski definition) is 0. The van der Waals surface area contributed by atoms with Gasteiger partial charge >= 0.3 is 0 Å². The van der Waals surface area contributed by atoms with Crippen molar-refractivity contribution in [2.45, 2.75) is 62.3 Å². The zero-order valence-electron chi connectivity index (χ0n) is 32.8. The maximum absolute atomic E-state index is 2.19. The molecule has 0 unspecified atom stereocenters. The quantitative estimate of drug-likeness (QED) is 0.205. The van der Waals surface area contributed by atoms with Gasteiger partial charge < -0.3 is 9.80 Å². The first-order chi connectivity index (χ1) is 22.1. The summed E-state index contributed by atoms with van der Waals surface area (Å²) in [5, 5.41) is 0. The number of nitrogens with zero attached hydrogens (tertiary/aromatic N) is 2. The molecule has 4 rings (SSSR count). The van der Waals surface area contributed by atoms with Gasteiger partial charge in [-0.2, -0.15) is 0 Å². The van der Waals surface area contributed by atoms with Crippen LogP contribution in [-0.4, -0.2) is 52.1 Å². The van der Waals surface area contributed by atoms with Gasteiger partial charge in [0, 0.05) is 0 Å². The SMILES string of the molecule is C(=Cc1ccccc1)c1ccccc1.C(=Cc1ccccc1)c1ccccc1.CC.CC(C)(C)C.CC(C)C.CN(C)C.CN(C)C. The molecule has 0 heterocycles. The van der Waals surface area contributed by atoms with E-state index in [0.717, 1.165) is 5.92 Å². The molecule has 260 valence electrons. The summed E-state index contributed by atoms with van der Waals surface area (Å²) in [6, 6.07) is 41.3. The second-order valence-corrected chi connectivity index (χ2v) is 13.7. The van der Waals surface area contributed by atoms with E-state index in [4.69, 9.17) is 0 Å². The van der Waals surface area contributed by atoms with Crippen LogP contribution in [0.3, 0.4) is 0 Å². The topological polar surface area (TPSA) is 6.48 Å². The molecule has 0 N–H and O–H groups in total. The monoisotopic (exact) mass is 639 g/mol. The Morgan fingerprint density at radius 2 is 0.489 bits per heavy atom. The molecule has 0 aromatic heterocycles. The van der Waals surface area contributed by atoms with Crippen LogP contribution in [0.1, 0.15) is 84.6 Å². The van der Waals surface area contributed by atoms with Crippen LogP contribution in [0.2, 0.25) is 0 Å². The Hall–Kier alpha value is -3.72. The van der Waals surface area contributed by atoms with E-state index in [9.17, 15) is 0 Å². The minimum atomic E-state index is 0.500. The standard InChI is InChI=1S/2C14H12.C5H12.C4H10.2C3H9N.C2H6/c2*1-3-7-13(8-4-1)11-12-14-9-5-2-6-10-14;1-5(2,3)4;3*1-4(2)3;1-2/h2*1-12H;1-4H3;4H,1-3H3;2*1-3H3;1-2H3. The summed E-state index contributed by atoms with van der Waals surface area (Å²) in [4.78, 5) is 4.00. The van der Waals surface area contributed by atoms with Crippen LogP contribution in [0.5, 0.6) is 0 Å². The maximum atomic E-state index is 2.19. The summed E-state index contributed by atoms with van der Waals surface area (Å²) in [5.41, 5.74) is 5.43. The van der Waals surface area contributed by atoms with Crippen LogP contribution in [-0.2, 0) is 0 Å². The van der Waals surface area contributed by atoms with Crippen LogP contribution < -0.4 is 0 Å². The van der Waals surface area contributed by atoms with Crippen molar-refractivity contribution < 1.29 is 0 Å². The lowest BCUT2D eigenvalue weighted by atomic mass is 10.0. The van der Waals surface area contributed by atoms with Gasteiger partial charge in [0.1, 0.15) is 0 Å². The van der Waals surface area contributed by atoms with Crippen LogP contribution in [0, 0.1) is 11.3 Å². The summed E-state index contributed by atoms with van der Waals surface area (Å²) in [6.45, 7) is 19.2. The lowest BCUT2D eigenvalue weighted by Crippen LogP contribution is -1.99. The van der Waals surface area contributed by atoms with Crippen LogP contribution in [0.25, 0.3) is 24.3 Å². The van der Waals surface area contributed by atoms with Crippen molar-refractivity contribution >= 4 is 24.3 Å². The van der Waals surface area contributed by atoms with Gasteiger partial charge in [-0.25, -0.2) is 0 Å². The molecular formula is C45H70N2. The van der Waals surface area contributed by atoms with Crippen molar-refractivity contribution in [3.8, 4) is 0 Å². The smallest absolute Gasteiger partial charge is 0.0140 e. The van der Waals surface area contributed by atoms with Crippen LogP contribution in [0.15, 0.2) is 121 Å². The molecule has 4 aromatic rings. The van der Waals surface area contributed by atoms with Crippen molar-refractivity contribution in [3.63, 3.8) is 0 Å². The van der Waals surface area contributed by atoms with Crippen molar-refractivity contribution in [1.29, 1.82) is 0 Å². The predicted molar refractivity (Wildman–Crippen MR) is 220 cm³/mol. The maximum Gasteiger partial charge on any atom is -0.0140 e. The number of hydrogen-bond acceptors (Lipinski definition) is 2. The molecule has 0 aliphatic rings. The molecule has 0 atom stereocenters. The second-order valence-electron chi connectivity index (χ2n) is 13.7. The van der Waals surface area contributed by atoms with Gasteiger partial charge in [0.2, 0.25) is 0 Å². The highest BCUT2D eigenvalue weighted by Crippen LogP contribution is 2.09. The Morgan fingerprint density at radius 1 is 0.383 bits per heavy atom. The van der Waals surface area contributed by atoms with Gasteiger partial charge in [-0.1, -0.05) is 208 Å². The third-order valence-electron chi connectivity index (χ3n) is 4.13. The van der Waals surface area contributed by atoms with Crippen molar-refractivity contribution in [1.82, 2.24) is 9.80 Å². The van der Waals surface area contributed by atoms with Gasteiger partial charge in [-0.3, -0.25) is 0 Å². The van der Waals surface area contributed by atoms with Crippen LogP contribution >= 0.6 is 0 Å². The third-order valence-corrected chi connectivity index (χ3v) is 4.13. The van der Waals surface area contributed by atoms with Crippen molar-refractivity contribution in [2.75, 3.05) is 42.3 Å². The third kappa shape index (κ3) is 46.8. The largest absolute Gasteiger partial charge is 0.312 e. The van der Waals surface area contributed by atoms with E-state index in [0.29, 0.717) is 5.41 Å². The average molecular weight is 639 g/mol. The van der Waals surface area contributed by atoms with E-state index in [2.05, 4.69) is 121 Å². The molecule has 0 saturated heterocycles. The molecule has 2 nitrogen and oxygen atoms in total. The van der Waals surface area contributed by atoms with Crippen LogP contribution in [0.4, 0.5) is 0 Å².